The number of aromatic nitrogens is 2. The lowest BCUT2D eigenvalue weighted by molar-refractivity contribution is -0.0732. The molecule has 1 aromatic rings. The van der Waals surface area contributed by atoms with Crippen LogP contribution in [-0.4, -0.2) is 22.4 Å². The number of hydrogen-bond donors (Lipinski definition) is 1. The molecule has 2 atom stereocenters. The molecule has 0 unspecified atom stereocenters. The zero-order chi connectivity index (χ0) is 11.7. The first-order valence-electron chi connectivity index (χ1n) is 4.93. The Morgan fingerprint density at radius 1 is 1.75 bits per heavy atom. The van der Waals surface area contributed by atoms with Crippen LogP contribution in [0, 0.1) is 5.82 Å². The highest BCUT2D eigenvalue weighted by atomic mass is 19.1. The third kappa shape index (κ3) is 1.91. The predicted molar refractivity (Wildman–Crippen MR) is 53.0 cm³/mol. The highest BCUT2D eigenvalue weighted by Gasteiger charge is 2.27. The molecule has 88 valence electrons. The van der Waals surface area contributed by atoms with E-state index in [0.29, 0.717) is 6.42 Å². The third-order valence-corrected chi connectivity index (χ3v) is 2.31. The Bertz CT molecular complexity index is 448. The molecule has 0 bridgehead atoms. The fraction of sp³-hybridized carbons (Fsp3) is 0.556. The Hall–Kier alpha value is -1.47. The topological polar surface area (TPSA) is 79.4 Å². The summed E-state index contributed by atoms with van der Waals surface area (Å²) < 4.78 is 24.8. The number of anilines is 1. The van der Waals surface area contributed by atoms with Crippen LogP contribution in [0.25, 0.3) is 0 Å². The number of rotatable bonds is 2. The Morgan fingerprint density at radius 2 is 2.50 bits per heavy atom. The van der Waals surface area contributed by atoms with Crippen molar-refractivity contribution in [2.45, 2.75) is 25.9 Å². The van der Waals surface area contributed by atoms with Gasteiger partial charge in [0.05, 0.1) is 12.8 Å². The molecular formula is C9H12FN3O3. The lowest BCUT2D eigenvalue weighted by Crippen LogP contribution is -2.29. The van der Waals surface area contributed by atoms with Gasteiger partial charge in [-0.3, -0.25) is 4.57 Å². The minimum atomic E-state index is -0.747. The molecule has 1 aromatic heterocycles. The van der Waals surface area contributed by atoms with E-state index in [-0.39, 0.29) is 12.9 Å². The molecule has 1 aliphatic heterocycles. The van der Waals surface area contributed by atoms with Crippen LogP contribution in [0.15, 0.2) is 11.0 Å². The van der Waals surface area contributed by atoms with Crippen LogP contribution < -0.4 is 11.4 Å². The second kappa shape index (κ2) is 4.18. The van der Waals surface area contributed by atoms with Crippen molar-refractivity contribution in [2.75, 3.05) is 12.3 Å². The van der Waals surface area contributed by atoms with Gasteiger partial charge in [-0.25, -0.2) is 9.18 Å². The zero-order valence-corrected chi connectivity index (χ0v) is 8.72. The van der Waals surface area contributed by atoms with Gasteiger partial charge in [-0.05, 0) is 6.42 Å². The van der Waals surface area contributed by atoms with Crippen LogP contribution >= 0.6 is 0 Å². The summed E-state index contributed by atoms with van der Waals surface area (Å²) in [6.07, 6.45) is 0.643. The van der Waals surface area contributed by atoms with Gasteiger partial charge >= 0.3 is 5.69 Å². The van der Waals surface area contributed by atoms with Crippen LogP contribution in [-0.2, 0) is 9.47 Å². The number of ether oxygens (including phenoxy) is 2. The normalized spacial score (nSPS) is 24.9. The molecule has 7 heteroatoms. The summed E-state index contributed by atoms with van der Waals surface area (Å²) in [5.74, 6) is -1.16. The molecule has 0 saturated carbocycles. The Kier molecular flexibility index (Phi) is 2.88. The molecule has 0 spiro atoms. The molecule has 0 aromatic carbocycles. The van der Waals surface area contributed by atoms with Crippen molar-refractivity contribution in [1.29, 1.82) is 0 Å². The number of halogens is 1. The number of hydrogen-bond acceptors (Lipinski definition) is 5. The van der Waals surface area contributed by atoms with Crippen LogP contribution in [0.5, 0.6) is 0 Å². The third-order valence-electron chi connectivity index (χ3n) is 2.31. The van der Waals surface area contributed by atoms with Crippen molar-refractivity contribution in [1.82, 2.24) is 9.55 Å². The first-order valence-corrected chi connectivity index (χ1v) is 4.93. The quantitative estimate of drug-likeness (QED) is 0.786. The maximum absolute atomic E-state index is 13.1. The van der Waals surface area contributed by atoms with Gasteiger partial charge in [0.15, 0.2) is 24.2 Å². The summed E-state index contributed by atoms with van der Waals surface area (Å²) >= 11 is 0. The van der Waals surface area contributed by atoms with E-state index in [0.717, 1.165) is 10.8 Å². The van der Waals surface area contributed by atoms with Crippen LogP contribution in [0.1, 0.15) is 19.6 Å². The van der Waals surface area contributed by atoms with E-state index in [1.807, 2.05) is 6.92 Å². The van der Waals surface area contributed by atoms with Crippen molar-refractivity contribution in [3.05, 3.63) is 22.5 Å². The highest BCUT2D eigenvalue weighted by Crippen LogP contribution is 2.21. The molecule has 2 rings (SSSR count). The maximum Gasteiger partial charge on any atom is 0.351 e. The molecule has 0 aliphatic carbocycles. The van der Waals surface area contributed by atoms with Gasteiger partial charge in [0.25, 0.3) is 0 Å². The van der Waals surface area contributed by atoms with Gasteiger partial charge in [-0.2, -0.15) is 4.98 Å². The van der Waals surface area contributed by atoms with E-state index in [9.17, 15) is 9.18 Å². The molecule has 16 heavy (non-hydrogen) atoms. The summed E-state index contributed by atoms with van der Waals surface area (Å²) in [4.78, 5) is 14.8. The lowest BCUT2D eigenvalue weighted by Gasteiger charge is -2.12. The number of nitrogen functional groups attached to an aromatic ring is 1. The maximum atomic E-state index is 13.1. The van der Waals surface area contributed by atoms with Gasteiger partial charge < -0.3 is 15.2 Å². The summed E-state index contributed by atoms with van der Waals surface area (Å²) in [5.41, 5.74) is 4.52. The molecule has 1 fully saturated rings. The van der Waals surface area contributed by atoms with Crippen LogP contribution in [0.2, 0.25) is 0 Å². The van der Waals surface area contributed by atoms with Crippen molar-refractivity contribution >= 4 is 5.82 Å². The van der Waals surface area contributed by atoms with E-state index in [1.54, 1.807) is 0 Å². The molecular weight excluding hydrogens is 217 g/mol. The van der Waals surface area contributed by atoms with Crippen molar-refractivity contribution in [3.63, 3.8) is 0 Å². The average molecular weight is 229 g/mol. The largest absolute Gasteiger partial charge is 0.381 e. The van der Waals surface area contributed by atoms with E-state index >= 15 is 0 Å². The van der Waals surface area contributed by atoms with E-state index in [1.165, 1.54) is 0 Å². The van der Waals surface area contributed by atoms with E-state index < -0.39 is 23.6 Å². The van der Waals surface area contributed by atoms with Gasteiger partial charge in [0, 0.05) is 0 Å². The Balaban J connectivity index is 2.28. The SMILES string of the molecule is CC[C@H]1OC[C@@H](n2cc(F)c(N)nc2=O)O1. The minimum Gasteiger partial charge on any atom is -0.381 e. The van der Waals surface area contributed by atoms with Gasteiger partial charge in [-0.1, -0.05) is 6.92 Å². The van der Waals surface area contributed by atoms with Crippen LogP contribution in [0.3, 0.4) is 0 Å². The molecule has 1 aliphatic rings. The summed E-state index contributed by atoms with van der Waals surface area (Å²) in [5, 5.41) is 0. The molecule has 2 N–H and O–H groups in total. The van der Waals surface area contributed by atoms with Gasteiger partial charge in [0.1, 0.15) is 0 Å². The molecule has 0 radical (unpaired) electrons. The minimum absolute atomic E-state index is 0.198. The predicted octanol–water partition coefficient (Wildman–Crippen LogP) is 0.246. The number of nitrogens with two attached hydrogens (primary N) is 1. The zero-order valence-electron chi connectivity index (χ0n) is 8.72. The average Bonchev–Trinajstić information content (AvgIpc) is 2.71. The Labute approximate surface area is 90.8 Å². The summed E-state index contributed by atoms with van der Waals surface area (Å²) in [6, 6.07) is 0. The lowest BCUT2D eigenvalue weighted by atomic mass is 10.5. The van der Waals surface area contributed by atoms with Crippen molar-refractivity contribution in [3.8, 4) is 0 Å². The monoisotopic (exact) mass is 229 g/mol. The fourth-order valence-electron chi connectivity index (χ4n) is 1.47. The first-order chi connectivity index (χ1) is 7.61. The van der Waals surface area contributed by atoms with Gasteiger partial charge in [0.2, 0.25) is 0 Å². The molecule has 6 nitrogen and oxygen atoms in total. The van der Waals surface area contributed by atoms with Crippen molar-refractivity contribution in [2.24, 2.45) is 0 Å². The van der Waals surface area contributed by atoms with E-state index in [4.69, 9.17) is 15.2 Å². The number of nitrogens with zero attached hydrogens (tertiary/aromatic N) is 2. The van der Waals surface area contributed by atoms with Crippen LogP contribution in [0.4, 0.5) is 10.2 Å². The van der Waals surface area contributed by atoms with E-state index in [2.05, 4.69) is 4.98 Å². The second-order valence-corrected chi connectivity index (χ2v) is 3.43. The standard InChI is InChI=1S/C9H12FN3O3/c1-2-7-15-4-6(16-7)13-3-5(10)8(11)12-9(13)14/h3,6-7H,2,4H2,1H3,(H2,11,12,14)/t6-,7-/m0/s1. The summed E-state index contributed by atoms with van der Waals surface area (Å²) in [6.45, 7) is 2.08. The molecule has 2 heterocycles. The van der Waals surface area contributed by atoms with Gasteiger partial charge in [-0.15, -0.1) is 0 Å². The highest BCUT2D eigenvalue weighted by molar-refractivity contribution is 5.26. The molecule has 1 saturated heterocycles. The first kappa shape index (κ1) is 11.0. The second-order valence-electron chi connectivity index (χ2n) is 3.43. The molecule has 0 amide bonds. The van der Waals surface area contributed by atoms with Crippen molar-refractivity contribution < 1.29 is 13.9 Å². The fourth-order valence-corrected chi connectivity index (χ4v) is 1.47. The summed E-state index contributed by atoms with van der Waals surface area (Å²) in [7, 11) is 0. The smallest absolute Gasteiger partial charge is 0.351 e. The Morgan fingerprint density at radius 3 is 3.12 bits per heavy atom.